The summed E-state index contributed by atoms with van der Waals surface area (Å²) < 4.78 is 0. The molecule has 0 radical (unpaired) electrons. The molecule has 1 rings (SSSR count). The minimum absolute atomic E-state index is 0.567. The Kier molecular flexibility index (Phi) is 3.58. The number of hydrogen-bond acceptors (Lipinski definition) is 0. The maximum Gasteiger partial charge on any atom is -0.0268 e. The zero-order chi connectivity index (χ0) is 9.90. The molecular weight excluding hydrogens is 156 g/mol. The van der Waals surface area contributed by atoms with Crippen molar-refractivity contribution in [2.24, 2.45) is 11.3 Å². The fourth-order valence-corrected chi connectivity index (χ4v) is 2.19. The second-order valence-electron chi connectivity index (χ2n) is 5.46. The van der Waals surface area contributed by atoms with E-state index in [-0.39, 0.29) is 0 Å². The Morgan fingerprint density at radius 3 is 2.69 bits per heavy atom. The average Bonchev–Trinajstić information content (AvgIpc) is 2.02. The van der Waals surface area contributed by atoms with E-state index in [0.717, 1.165) is 5.92 Å². The maximum absolute atomic E-state index is 2.48. The number of allylic oxidation sites excluding steroid dienone is 2. The molecule has 0 spiro atoms. The third-order valence-corrected chi connectivity index (χ3v) is 3.27. The molecule has 13 heavy (non-hydrogen) atoms. The van der Waals surface area contributed by atoms with E-state index < -0.39 is 0 Å². The SMILES string of the molecule is CCC(C)CC1=CCCC(C)(C)C1. The van der Waals surface area contributed by atoms with E-state index in [0.29, 0.717) is 5.41 Å². The quantitative estimate of drug-likeness (QED) is 0.558. The zero-order valence-electron chi connectivity index (χ0n) is 9.69. The molecule has 1 unspecified atom stereocenters. The summed E-state index contributed by atoms with van der Waals surface area (Å²) in [7, 11) is 0. The molecule has 0 aromatic rings. The summed E-state index contributed by atoms with van der Waals surface area (Å²) in [5.74, 6) is 0.875. The molecule has 0 aromatic carbocycles. The Bertz CT molecular complexity index is 186. The number of hydrogen-bond donors (Lipinski definition) is 0. The molecule has 0 heterocycles. The van der Waals surface area contributed by atoms with E-state index in [2.05, 4.69) is 33.8 Å². The van der Waals surface area contributed by atoms with Crippen molar-refractivity contribution in [2.75, 3.05) is 0 Å². The fourth-order valence-electron chi connectivity index (χ4n) is 2.19. The Morgan fingerprint density at radius 2 is 2.15 bits per heavy atom. The van der Waals surface area contributed by atoms with E-state index >= 15 is 0 Å². The lowest BCUT2D eigenvalue weighted by Gasteiger charge is -2.30. The third-order valence-electron chi connectivity index (χ3n) is 3.27. The highest BCUT2D eigenvalue weighted by Crippen LogP contribution is 2.37. The van der Waals surface area contributed by atoms with Crippen LogP contribution in [0.5, 0.6) is 0 Å². The maximum atomic E-state index is 2.48. The van der Waals surface area contributed by atoms with Gasteiger partial charge in [-0.15, -0.1) is 0 Å². The summed E-state index contributed by atoms with van der Waals surface area (Å²) >= 11 is 0. The lowest BCUT2D eigenvalue weighted by atomic mass is 9.75. The molecule has 0 aliphatic heterocycles. The first-order valence-electron chi connectivity index (χ1n) is 5.71. The molecule has 0 saturated carbocycles. The van der Waals surface area contributed by atoms with Gasteiger partial charge in [-0.25, -0.2) is 0 Å². The van der Waals surface area contributed by atoms with Crippen LogP contribution >= 0.6 is 0 Å². The first-order valence-corrected chi connectivity index (χ1v) is 5.71. The van der Waals surface area contributed by atoms with Crippen LogP contribution in [0, 0.1) is 11.3 Å². The zero-order valence-corrected chi connectivity index (χ0v) is 9.69. The Balaban J connectivity index is 2.47. The van der Waals surface area contributed by atoms with E-state index in [1.165, 1.54) is 32.1 Å². The minimum atomic E-state index is 0.567. The van der Waals surface area contributed by atoms with E-state index in [4.69, 9.17) is 0 Å². The van der Waals surface area contributed by atoms with Crippen LogP contribution in [-0.4, -0.2) is 0 Å². The van der Waals surface area contributed by atoms with Gasteiger partial charge in [0.1, 0.15) is 0 Å². The molecule has 0 heteroatoms. The van der Waals surface area contributed by atoms with Crippen LogP contribution in [0.2, 0.25) is 0 Å². The van der Waals surface area contributed by atoms with Crippen LogP contribution in [0.4, 0.5) is 0 Å². The predicted octanol–water partition coefficient (Wildman–Crippen LogP) is 4.56. The Labute approximate surface area is 83.4 Å². The van der Waals surface area contributed by atoms with Crippen molar-refractivity contribution in [2.45, 2.75) is 59.8 Å². The van der Waals surface area contributed by atoms with E-state index in [1.807, 2.05) is 0 Å². The Morgan fingerprint density at radius 1 is 1.46 bits per heavy atom. The van der Waals surface area contributed by atoms with Gasteiger partial charge in [0.2, 0.25) is 0 Å². The second-order valence-corrected chi connectivity index (χ2v) is 5.46. The topological polar surface area (TPSA) is 0 Å². The molecule has 0 amide bonds. The molecule has 0 aromatic heterocycles. The second kappa shape index (κ2) is 4.30. The van der Waals surface area contributed by atoms with E-state index in [1.54, 1.807) is 5.57 Å². The van der Waals surface area contributed by atoms with Gasteiger partial charge >= 0.3 is 0 Å². The van der Waals surface area contributed by atoms with Crippen molar-refractivity contribution in [3.63, 3.8) is 0 Å². The summed E-state index contributed by atoms with van der Waals surface area (Å²) in [4.78, 5) is 0. The summed E-state index contributed by atoms with van der Waals surface area (Å²) in [6.45, 7) is 9.45. The standard InChI is InChI=1S/C13H24/c1-5-11(2)9-12-7-6-8-13(3,4)10-12/h7,11H,5-6,8-10H2,1-4H3. The summed E-state index contributed by atoms with van der Waals surface area (Å²) in [6, 6.07) is 0. The van der Waals surface area contributed by atoms with Crippen molar-refractivity contribution < 1.29 is 0 Å². The van der Waals surface area contributed by atoms with Crippen molar-refractivity contribution in [1.82, 2.24) is 0 Å². The monoisotopic (exact) mass is 180 g/mol. The molecule has 1 atom stereocenters. The summed E-state index contributed by atoms with van der Waals surface area (Å²) in [5, 5.41) is 0. The van der Waals surface area contributed by atoms with Crippen LogP contribution in [0.1, 0.15) is 59.8 Å². The molecule has 0 fully saturated rings. The van der Waals surface area contributed by atoms with Gasteiger partial charge < -0.3 is 0 Å². The van der Waals surface area contributed by atoms with Crippen LogP contribution < -0.4 is 0 Å². The molecule has 1 aliphatic carbocycles. The van der Waals surface area contributed by atoms with Gasteiger partial charge in [0, 0.05) is 0 Å². The lowest BCUT2D eigenvalue weighted by molar-refractivity contribution is 0.310. The van der Waals surface area contributed by atoms with Gasteiger partial charge in [0.05, 0.1) is 0 Å². The van der Waals surface area contributed by atoms with Gasteiger partial charge in [0.15, 0.2) is 0 Å². The first kappa shape index (κ1) is 10.8. The smallest absolute Gasteiger partial charge is 0.0268 e. The predicted molar refractivity (Wildman–Crippen MR) is 59.8 cm³/mol. The average molecular weight is 180 g/mol. The van der Waals surface area contributed by atoms with Crippen LogP contribution in [-0.2, 0) is 0 Å². The highest BCUT2D eigenvalue weighted by atomic mass is 14.3. The third kappa shape index (κ3) is 3.54. The molecule has 0 bridgehead atoms. The Hall–Kier alpha value is -0.260. The molecule has 0 nitrogen and oxygen atoms in total. The van der Waals surface area contributed by atoms with Crippen molar-refractivity contribution in [3.05, 3.63) is 11.6 Å². The van der Waals surface area contributed by atoms with Crippen molar-refractivity contribution in [3.8, 4) is 0 Å². The minimum Gasteiger partial charge on any atom is -0.0853 e. The van der Waals surface area contributed by atoms with Crippen LogP contribution in [0.15, 0.2) is 11.6 Å². The largest absolute Gasteiger partial charge is 0.0853 e. The summed E-state index contributed by atoms with van der Waals surface area (Å²) in [5.41, 5.74) is 2.28. The van der Waals surface area contributed by atoms with Gasteiger partial charge in [-0.3, -0.25) is 0 Å². The van der Waals surface area contributed by atoms with Gasteiger partial charge in [-0.05, 0) is 37.0 Å². The highest BCUT2D eigenvalue weighted by Gasteiger charge is 2.22. The number of rotatable bonds is 3. The molecule has 0 N–H and O–H groups in total. The van der Waals surface area contributed by atoms with Crippen molar-refractivity contribution >= 4 is 0 Å². The van der Waals surface area contributed by atoms with E-state index in [9.17, 15) is 0 Å². The van der Waals surface area contributed by atoms with Crippen molar-refractivity contribution in [1.29, 1.82) is 0 Å². The van der Waals surface area contributed by atoms with Gasteiger partial charge in [-0.1, -0.05) is 45.8 Å². The summed E-state index contributed by atoms with van der Waals surface area (Å²) in [6.07, 6.45) is 9.14. The molecule has 1 aliphatic rings. The van der Waals surface area contributed by atoms with Crippen LogP contribution in [0.25, 0.3) is 0 Å². The fraction of sp³-hybridized carbons (Fsp3) is 0.846. The lowest BCUT2D eigenvalue weighted by Crippen LogP contribution is -2.16. The van der Waals surface area contributed by atoms with Gasteiger partial charge in [-0.2, -0.15) is 0 Å². The molecule has 76 valence electrons. The molecule has 0 saturated heterocycles. The first-order chi connectivity index (χ1) is 6.03. The molecular formula is C13H24. The van der Waals surface area contributed by atoms with Gasteiger partial charge in [0.25, 0.3) is 0 Å². The highest BCUT2D eigenvalue weighted by molar-refractivity contribution is 5.09. The van der Waals surface area contributed by atoms with Crippen LogP contribution in [0.3, 0.4) is 0 Å². The normalized spacial score (nSPS) is 23.8.